The van der Waals surface area contributed by atoms with Crippen LogP contribution in [0.25, 0.3) is 0 Å². The third kappa shape index (κ3) is 2.47. The van der Waals surface area contributed by atoms with Crippen LogP contribution >= 0.6 is 0 Å². The molecule has 1 N–H and O–H groups in total. The van der Waals surface area contributed by atoms with Gasteiger partial charge in [0.1, 0.15) is 17.5 Å². The van der Waals surface area contributed by atoms with E-state index in [-0.39, 0.29) is 5.91 Å². The van der Waals surface area contributed by atoms with Crippen molar-refractivity contribution in [3.63, 3.8) is 0 Å². The molecule has 0 spiro atoms. The van der Waals surface area contributed by atoms with Crippen LogP contribution in [-0.2, 0) is 13.5 Å². The minimum Gasteiger partial charge on any atom is -0.306 e. The van der Waals surface area contributed by atoms with Gasteiger partial charge in [-0.1, -0.05) is 25.1 Å². The van der Waals surface area contributed by atoms with Crippen molar-refractivity contribution in [2.45, 2.75) is 13.3 Å². The molecule has 5 nitrogen and oxygen atoms in total. The van der Waals surface area contributed by atoms with Crippen LogP contribution in [0.3, 0.4) is 0 Å². The van der Waals surface area contributed by atoms with E-state index in [2.05, 4.69) is 10.4 Å². The Morgan fingerprint density at radius 3 is 2.89 bits per heavy atom. The number of nitriles is 1. The molecule has 19 heavy (non-hydrogen) atoms. The van der Waals surface area contributed by atoms with Gasteiger partial charge in [-0.2, -0.15) is 10.4 Å². The number of aromatic nitrogens is 2. The van der Waals surface area contributed by atoms with Crippen LogP contribution in [-0.4, -0.2) is 15.7 Å². The Kier molecular flexibility index (Phi) is 3.62. The number of rotatable bonds is 3. The van der Waals surface area contributed by atoms with Gasteiger partial charge in [0.05, 0.1) is 6.20 Å². The highest BCUT2D eigenvalue weighted by atomic mass is 16.1. The zero-order valence-corrected chi connectivity index (χ0v) is 10.8. The van der Waals surface area contributed by atoms with E-state index in [1.54, 1.807) is 13.1 Å². The van der Waals surface area contributed by atoms with Crippen molar-refractivity contribution in [3.8, 4) is 6.07 Å². The number of nitrogens with zero attached hydrogens (tertiary/aromatic N) is 3. The van der Waals surface area contributed by atoms with Gasteiger partial charge in [0.25, 0.3) is 5.91 Å². The first-order chi connectivity index (χ1) is 9.17. The van der Waals surface area contributed by atoms with Gasteiger partial charge in [-0.25, -0.2) is 0 Å². The van der Waals surface area contributed by atoms with Crippen LogP contribution in [0.2, 0.25) is 0 Å². The third-order valence-corrected chi connectivity index (χ3v) is 2.93. The van der Waals surface area contributed by atoms with E-state index >= 15 is 0 Å². The molecule has 96 valence electrons. The Hall–Kier alpha value is -2.61. The largest absolute Gasteiger partial charge is 0.306 e. The molecule has 0 radical (unpaired) electrons. The van der Waals surface area contributed by atoms with Crippen LogP contribution < -0.4 is 5.32 Å². The Bertz CT molecular complexity index is 652. The van der Waals surface area contributed by atoms with Gasteiger partial charge in [0.2, 0.25) is 0 Å². The first kappa shape index (κ1) is 12.8. The summed E-state index contributed by atoms with van der Waals surface area (Å²) in [5, 5.41) is 15.7. The smallest absolute Gasteiger partial charge is 0.257 e. The highest BCUT2D eigenvalue weighted by Crippen LogP contribution is 2.16. The first-order valence-electron chi connectivity index (χ1n) is 5.98. The van der Waals surface area contributed by atoms with Crippen LogP contribution in [0.5, 0.6) is 0 Å². The molecule has 0 aliphatic heterocycles. The van der Waals surface area contributed by atoms with E-state index < -0.39 is 0 Å². The number of aryl methyl sites for hydroxylation is 2. The zero-order valence-electron chi connectivity index (χ0n) is 10.8. The number of benzene rings is 1. The van der Waals surface area contributed by atoms with Gasteiger partial charge >= 0.3 is 0 Å². The molecule has 0 saturated carbocycles. The second-order valence-electron chi connectivity index (χ2n) is 4.11. The van der Waals surface area contributed by atoms with Crippen molar-refractivity contribution < 1.29 is 4.79 Å². The standard InChI is InChI=1S/C14H14N4O/c1-3-10-6-4-5-7-12(10)14(19)17-13-11(8-15)9-16-18(13)2/h4-7,9H,3H2,1-2H3,(H,17,19). The lowest BCUT2D eigenvalue weighted by Crippen LogP contribution is -2.17. The van der Waals surface area contributed by atoms with Crippen LogP contribution in [0.4, 0.5) is 5.82 Å². The van der Waals surface area contributed by atoms with Crippen LogP contribution in [0, 0.1) is 11.3 Å². The molecule has 0 saturated heterocycles. The van der Waals surface area contributed by atoms with Crippen molar-refractivity contribution in [1.82, 2.24) is 9.78 Å². The van der Waals surface area contributed by atoms with Crippen molar-refractivity contribution in [3.05, 3.63) is 47.2 Å². The lowest BCUT2D eigenvalue weighted by molar-refractivity contribution is 0.102. The molecule has 2 rings (SSSR count). The molecular formula is C14H14N4O. The normalized spacial score (nSPS) is 9.95. The van der Waals surface area contributed by atoms with E-state index in [1.807, 2.05) is 31.2 Å². The van der Waals surface area contributed by atoms with E-state index in [0.717, 1.165) is 12.0 Å². The summed E-state index contributed by atoms with van der Waals surface area (Å²) in [6, 6.07) is 9.42. The van der Waals surface area contributed by atoms with Crippen molar-refractivity contribution in [2.24, 2.45) is 7.05 Å². The van der Waals surface area contributed by atoms with E-state index in [4.69, 9.17) is 5.26 Å². The number of hydrogen-bond acceptors (Lipinski definition) is 3. The average Bonchev–Trinajstić information content (AvgIpc) is 2.79. The summed E-state index contributed by atoms with van der Waals surface area (Å²) in [5.74, 6) is 0.191. The molecule has 1 aromatic heterocycles. The third-order valence-electron chi connectivity index (χ3n) is 2.93. The molecule has 1 aromatic carbocycles. The topological polar surface area (TPSA) is 70.7 Å². The van der Waals surface area contributed by atoms with Gasteiger partial charge in [-0.3, -0.25) is 9.48 Å². The van der Waals surface area contributed by atoms with E-state index in [0.29, 0.717) is 16.9 Å². The number of nitrogens with one attached hydrogen (secondary N) is 1. The van der Waals surface area contributed by atoms with Gasteiger partial charge in [0.15, 0.2) is 0 Å². The van der Waals surface area contributed by atoms with Gasteiger partial charge in [-0.15, -0.1) is 0 Å². The summed E-state index contributed by atoms with van der Waals surface area (Å²) in [5.41, 5.74) is 1.94. The second kappa shape index (κ2) is 5.36. The molecule has 0 fully saturated rings. The fourth-order valence-corrected chi connectivity index (χ4v) is 1.89. The molecule has 5 heteroatoms. The lowest BCUT2D eigenvalue weighted by atomic mass is 10.0. The van der Waals surface area contributed by atoms with Gasteiger partial charge in [0, 0.05) is 12.6 Å². The summed E-state index contributed by atoms with van der Waals surface area (Å²) in [4.78, 5) is 12.3. The van der Waals surface area contributed by atoms with E-state index in [9.17, 15) is 4.79 Å². The number of carbonyl (C=O) groups is 1. The zero-order chi connectivity index (χ0) is 13.8. The van der Waals surface area contributed by atoms with Gasteiger partial charge in [-0.05, 0) is 18.1 Å². The molecule has 0 atom stereocenters. The van der Waals surface area contributed by atoms with Crippen molar-refractivity contribution in [2.75, 3.05) is 5.32 Å². The highest BCUT2D eigenvalue weighted by molar-refractivity contribution is 6.05. The van der Waals surface area contributed by atoms with Crippen molar-refractivity contribution in [1.29, 1.82) is 5.26 Å². The van der Waals surface area contributed by atoms with Crippen molar-refractivity contribution >= 4 is 11.7 Å². The Labute approximate surface area is 111 Å². The number of hydrogen-bond donors (Lipinski definition) is 1. The molecule has 2 aromatic rings. The van der Waals surface area contributed by atoms with Crippen LogP contribution in [0.15, 0.2) is 30.5 Å². The fraction of sp³-hybridized carbons (Fsp3) is 0.214. The highest BCUT2D eigenvalue weighted by Gasteiger charge is 2.14. The SMILES string of the molecule is CCc1ccccc1C(=O)Nc1c(C#N)cnn1C. The maximum Gasteiger partial charge on any atom is 0.257 e. The molecule has 0 aliphatic rings. The second-order valence-corrected chi connectivity index (χ2v) is 4.11. The summed E-state index contributed by atoms with van der Waals surface area (Å²) < 4.78 is 1.48. The van der Waals surface area contributed by atoms with E-state index in [1.165, 1.54) is 10.9 Å². The number of amides is 1. The minimum atomic E-state index is -0.224. The average molecular weight is 254 g/mol. The van der Waals surface area contributed by atoms with Gasteiger partial charge < -0.3 is 5.32 Å². The fourth-order valence-electron chi connectivity index (χ4n) is 1.89. The maximum atomic E-state index is 12.3. The summed E-state index contributed by atoms with van der Waals surface area (Å²) in [7, 11) is 1.68. The molecule has 1 heterocycles. The Balaban J connectivity index is 2.31. The molecule has 0 aliphatic carbocycles. The first-order valence-corrected chi connectivity index (χ1v) is 5.98. The molecule has 0 unspecified atom stereocenters. The number of anilines is 1. The molecule has 1 amide bonds. The van der Waals surface area contributed by atoms with Crippen LogP contribution in [0.1, 0.15) is 28.4 Å². The Morgan fingerprint density at radius 1 is 1.47 bits per heavy atom. The molecule has 0 bridgehead atoms. The summed E-state index contributed by atoms with van der Waals surface area (Å²) >= 11 is 0. The summed E-state index contributed by atoms with van der Waals surface area (Å²) in [6.07, 6.45) is 2.21. The lowest BCUT2D eigenvalue weighted by Gasteiger charge is -2.09. The summed E-state index contributed by atoms with van der Waals surface area (Å²) in [6.45, 7) is 2.00. The predicted octanol–water partition coefficient (Wildman–Crippen LogP) is 2.11. The quantitative estimate of drug-likeness (QED) is 0.911. The molecular weight excluding hydrogens is 240 g/mol. The minimum absolute atomic E-state index is 0.224. The monoisotopic (exact) mass is 254 g/mol. The predicted molar refractivity (Wildman–Crippen MR) is 71.7 cm³/mol. The Morgan fingerprint density at radius 2 is 2.21 bits per heavy atom. The maximum absolute atomic E-state index is 12.3. The number of carbonyl (C=O) groups excluding carboxylic acids is 1.